The van der Waals surface area contributed by atoms with E-state index in [4.69, 9.17) is 5.73 Å². The van der Waals surface area contributed by atoms with Crippen molar-refractivity contribution < 1.29 is 5.11 Å². The molecule has 3 nitrogen and oxygen atoms in total. The second-order valence-corrected chi connectivity index (χ2v) is 3.77. The average Bonchev–Trinajstić information content (AvgIpc) is 2.41. The maximum absolute atomic E-state index is 10.3. The van der Waals surface area contributed by atoms with Crippen LogP contribution in [-0.2, 0) is 12.0 Å². The zero-order chi connectivity index (χ0) is 9.47. The van der Waals surface area contributed by atoms with Gasteiger partial charge < -0.3 is 10.8 Å². The Kier molecular flexibility index (Phi) is 1.86. The highest BCUT2D eigenvalue weighted by Gasteiger charge is 2.41. The summed E-state index contributed by atoms with van der Waals surface area (Å²) in [5, 5.41) is 10.3. The first-order chi connectivity index (χ1) is 6.18. The lowest BCUT2D eigenvalue weighted by Gasteiger charge is -2.26. The quantitative estimate of drug-likeness (QED) is 0.655. The van der Waals surface area contributed by atoms with Crippen molar-refractivity contribution in [2.45, 2.75) is 18.9 Å². The van der Waals surface area contributed by atoms with Gasteiger partial charge in [0.1, 0.15) is 5.60 Å². The van der Waals surface area contributed by atoms with Gasteiger partial charge in [-0.1, -0.05) is 6.92 Å². The Bertz CT molecular complexity index is 326. The van der Waals surface area contributed by atoms with Crippen LogP contribution in [0.15, 0.2) is 18.5 Å². The number of nitrogens with zero attached hydrogens (tertiary/aromatic N) is 1. The zero-order valence-corrected chi connectivity index (χ0v) is 7.70. The van der Waals surface area contributed by atoms with Gasteiger partial charge in [-0.25, -0.2) is 0 Å². The van der Waals surface area contributed by atoms with Gasteiger partial charge in [0.2, 0.25) is 0 Å². The molecule has 1 aromatic rings. The summed E-state index contributed by atoms with van der Waals surface area (Å²) < 4.78 is 0. The molecule has 0 bridgehead atoms. The van der Waals surface area contributed by atoms with E-state index in [0.717, 1.165) is 17.5 Å². The fraction of sp³-hybridized carbons (Fsp3) is 0.500. The minimum atomic E-state index is -0.835. The number of hydrogen-bond donors (Lipinski definition) is 2. The van der Waals surface area contributed by atoms with E-state index in [1.165, 1.54) is 0 Å². The molecule has 2 unspecified atom stereocenters. The van der Waals surface area contributed by atoms with Crippen LogP contribution in [0.5, 0.6) is 0 Å². The summed E-state index contributed by atoms with van der Waals surface area (Å²) in [6, 6.07) is 1.87. The highest BCUT2D eigenvalue weighted by atomic mass is 16.3. The number of hydrogen-bond acceptors (Lipinski definition) is 3. The molecule has 0 aromatic carbocycles. The van der Waals surface area contributed by atoms with Crippen LogP contribution in [0.4, 0.5) is 0 Å². The number of nitrogens with two attached hydrogens (primary N) is 1. The largest absolute Gasteiger partial charge is 0.384 e. The second kappa shape index (κ2) is 2.79. The molecule has 3 heteroatoms. The molecule has 0 radical (unpaired) electrons. The molecule has 1 aliphatic carbocycles. The molecule has 2 atom stereocenters. The number of aromatic nitrogens is 1. The summed E-state index contributed by atoms with van der Waals surface area (Å²) in [4.78, 5) is 4.04. The third kappa shape index (κ3) is 1.08. The van der Waals surface area contributed by atoms with Gasteiger partial charge in [-0.2, -0.15) is 0 Å². The minimum Gasteiger partial charge on any atom is -0.384 e. The molecular weight excluding hydrogens is 164 g/mol. The Balaban J connectivity index is 2.52. The molecule has 1 heterocycles. The van der Waals surface area contributed by atoms with Crippen LogP contribution in [0.3, 0.4) is 0 Å². The third-order valence-corrected chi connectivity index (χ3v) is 3.02. The standard InChI is InChI=1S/C10H14N2O/c1-7-4-8-5-12-3-2-9(8)10(7,13)6-11/h2-3,5,7,13H,4,6,11H2,1H3. The van der Waals surface area contributed by atoms with E-state index in [0.29, 0.717) is 0 Å². The van der Waals surface area contributed by atoms with Gasteiger partial charge in [-0.3, -0.25) is 4.98 Å². The molecule has 1 aromatic heterocycles. The van der Waals surface area contributed by atoms with E-state index in [1.807, 2.05) is 19.2 Å². The number of rotatable bonds is 1. The maximum Gasteiger partial charge on any atom is 0.105 e. The van der Waals surface area contributed by atoms with Gasteiger partial charge in [0.15, 0.2) is 0 Å². The van der Waals surface area contributed by atoms with Crippen LogP contribution < -0.4 is 5.73 Å². The smallest absolute Gasteiger partial charge is 0.105 e. The van der Waals surface area contributed by atoms with Crippen LogP contribution in [0.25, 0.3) is 0 Å². The van der Waals surface area contributed by atoms with Gasteiger partial charge >= 0.3 is 0 Å². The summed E-state index contributed by atoms with van der Waals surface area (Å²) >= 11 is 0. The number of pyridine rings is 1. The first kappa shape index (κ1) is 8.66. The van der Waals surface area contributed by atoms with Crippen LogP contribution in [-0.4, -0.2) is 16.6 Å². The van der Waals surface area contributed by atoms with Crippen LogP contribution in [0.2, 0.25) is 0 Å². The predicted molar refractivity (Wildman–Crippen MR) is 50.1 cm³/mol. The van der Waals surface area contributed by atoms with E-state index < -0.39 is 5.60 Å². The maximum atomic E-state index is 10.3. The molecule has 1 aliphatic rings. The van der Waals surface area contributed by atoms with Gasteiger partial charge in [0, 0.05) is 18.9 Å². The topological polar surface area (TPSA) is 59.1 Å². The zero-order valence-electron chi connectivity index (χ0n) is 7.70. The monoisotopic (exact) mass is 178 g/mol. The van der Waals surface area contributed by atoms with Gasteiger partial charge in [0.25, 0.3) is 0 Å². The molecular formula is C10H14N2O. The summed E-state index contributed by atoms with van der Waals surface area (Å²) in [5.41, 5.74) is 6.85. The van der Waals surface area contributed by atoms with Crippen molar-refractivity contribution in [3.05, 3.63) is 29.6 Å². The fourth-order valence-corrected chi connectivity index (χ4v) is 2.09. The van der Waals surface area contributed by atoms with E-state index in [9.17, 15) is 5.11 Å². The number of fused-ring (bicyclic) bond motifs is 1. The Morgan fingerprint density at radius 2 is 2.54 bits per heavy atom. The molecule has 0 amide bonds. The first-order valence-corrected chi connectivity index (χ1v) is 4.54. The average molecular weight is 178 g/mol. The van der Waals surface area contributed by atoms with Crippen molar-refractivity contribution in [3.8, 4) is 0 Å². The SMILES string of the molecule is CC1Cc2cnccc2C1(O)CN. The highest BCUT2D eigenvalue weighted by molar-refractivity contribution is 5.36. The predicted octanol–water partition coefficient (Wildman–Crippen LogP) is 0.420. The molecule has 0 spiro atoms. The molecule has 3 N–H and O–H groups in total. The van der Waals surface area contributed by atoms with E-state index in [2.05, 4.69) is 4.98 Å². The van der Waals surface area contributed by atoms with Crippen molar-refractivity contribution in [3.63, 3.8) is 0 Å². The van der Waals surface area contributed by atoms with Crippen molar-refractivity contribution >= 4 is 0 Å². The first-order valence-electron chi connectivity index (χ1n) is 4.54. The Labute approximate surface area is 77.6 Å². The lowest BCUT2D eigenvalue weighted by Crippen LogP contribution is -2.38. The van der Waals surface area contributed by atoms with Gasteiger partial charge in [-0.15, -0.1) is 0 Å². The summed E-state index contributed by atoms with van der Waals surface area (Å²) in [7, 11) is 0. The normalized spacial score (nSPS) is 31.8. The number of aliphatic hydroxyl groups is 1. The molecule has 0 fully saturated rings. The fourth-order valence-electron chi connectivity index (χ4n) is 2.09. The van der Waals surface area contributed by atoms with Crippen LogP contribution in [0.1, 0.15) is 18.1 Å². The second-order valence-electron chi connectivity index (χ2n) is 3.77. The van der Waals surface area contributed by atoms with Crippen LogP contribution >= 0.6 is 0 Å². The van der Waals surface area contributed by atoms with Crippen molar-refractivity contribution in [1.29, 1.82) is 0 Å². The summed E-state index contributed by atoms with van der Waals surface area (Å²) in [6.07, 6.45) is 4.40. The van der Waals surface area contributed by atoms with E-state index in [-0.39, 0.29) is 12.5 Å². The molecule has 70 valence electrons. The molecule has 0 saturated heterocycles. The molecule has 0 saturated carbocycles. The lowest BCUT2D eigenvalue weighted by molar-refractivity contribution is 0.00496. The Morgan fingerprint density at radius 3 is 3.23 bits per heavy atom. The summed E-state index contributed by atoms with van der Waals surface area (Å²) in [6.45, 7) is 2.30. The van der Waals surface area contributed by atoms with E-state index >= 15 is 0 Å². The van der Waals surface area contributed by atoms with Crippen molar-refractivity contribution in [2.75, 3.05) is 6.54 Å². The van der Waals surface area contributed by atoms with E-state index in [1.54, 1.807) is 6.20 Å². The van der Waals surface area contributed by atoms with Gasteiger partial charge in [0.05, 0.1) is 0 Å². The minimum absolute atomic E-state index is 0.191. The summed E-state index contributed by atoms with van der Waals surface area (Å²) in [5.74, 6) is 0.191. The van der Waals surface area contributed by atoms with Crippen molar-refractivity contribution in [1.82, 2.24) is 4.98 Å². The lowest BCUT2D eigenvalue weighted by atomic mass is 9.89. The molecule has 0 aliphatic heterocycles. The molecule has 13 heavy (non-hydrogen) atoms. The van der Waals surface area contributed by atoms with Crippen molar-refractivity contribution in [2.24, 2.45) is 11.7 Å². The Morgan fingerprint density at radius 1 is 1.77 bits per heavy atom. The third-order valence-electron chi connectivity index (χ3n) is 3.02. The molecule has 2 rings (SSSR count). The van der Waals surface area contributed by atoms with Gasteiger partial charge in [-0.05, 0) is 29.5 Å². The van der Waals surface area contributed by atoms with Crippen LogP contribution in [0, 0.1) is 5.92 Å². The Hall–Kier alpha value is -0.930. The highest BCUT2D eigenvalue weighted by Crippen LogP contribution is 2.39.